The summed E-state index contributed by atoms with van der Waals surface area (Å²) >= 11 is 0. The quantitative estimate of drug-likeness (QED) is 0.275. The Labute approximate surface area is 203 Å². The number of nitrogens with zero attached hydrogens (tertiary/aromatic N) is 2. The molecular formula is C25H32N2O8. The molecule has 8 atom stereocenters. The zero-order chi connectivity index (χ0) is 25.3. The number of aliphatic hydroxyl groups excluding tert-OH is 3. The molecule has 2 fully saturated rings. The molecule has 0 amide bonds. The second-order valence-electron chi connectivity index (χ2n) is 9.65. The number of aliphatic hydroxyl groups is 3. The summed E-state index contributed by atoms with van der Waals surface area (Å²) in [6.07, 6.45) is 1.19. The van der Waals surface area contributed by atoms with Crippen molar-refractivity contribution in [1.82, 2.24) is 4.98 Å². The third kappa shape index (κ3) is 5.96. The third-order valence-corrected chi connectivity index (χ3v) is 6.95. The molecule has 3 heterocycles. The third-order valence-electron chi connectivity index (χ3n) is 6.95. The van der Waals surface area contributed by atoms with E-state index in [1.165, 1.54) is 12.1 Å². The zero-order valence-corrected chi connectivity index (χ0v) is 20.0. The number of hydrogen-bond acceptors (Lipinski definition) is 9. The Kier molecular flexibility index (Phi) is 7.67. The molecule has 0 spiro atoms. The zero-order valence-electron chi connectivity index (χ0n) is 20.0. The minimum absolute atomic E-state index is 0.00140. The van der Waals surface area contributed by atoms with E-state index in [2.05, 4.69) is 4.98 Å². The van der Waals surface area contributed by atoms with Crippen LogP contribution in [0.1, 0.15) is 39.5 Å². The van der Waals surface area contributed by atoms with Gasteiger partial charge in [0.25, 0.3) is 5.69 Å². The Morgan fingerprint density at radius 1 is 1.23 bits per heavy atom. The van der Waals surface area contributed by atoms with Crippen molar-refractivity contribution in [3.63, 3.8) is 0 Å². The monoisotopic (exact) mass is 488 g/mol. The summed E-state index contributed by atoms with van der Waals surface area (Å²) in [6.45, 7) is 5.85. The number of benzene rings is 1. The SMILES string of the molecule is CC(=Cc1ncc(-c2ccc([N+](=O)[O-])cc2)o1)CC1OCC(CC2OC2C(C)C(C)O)C(O)C1O. The molecule has 8 unspecified atom stereocenters. The lowest BCUT2D eigenvalue weighted by molar-refractivity contribution is -0.384. The van der Waals surface area contributed by atoms with Gasteiger partial charge in [-0.2, -0.15) is 0 Å². The lowest BCUT2D eigenvalue weighted by Gasteiger charge is -2.38. The maximum absolute atomic E-state index is 10.8. The first-order valence-corrected chi connectivity index (χ1v) is 11.8. The highest BCUT2D eigenvalue weighted by Gasteiger charge is 2.48. The van der Waals surface area contributed by atoms with Gasteiger partial charge in [0.15, 0.2) is 5.76 Å². The summed E-state index contributed by atoms with van der Waals surface area (Å²) in [6, 6.07) is 6.01. The van der Waals surface area contributed by atoms with E-state index in [1.54, 1.807) is 31.3 Å². The van der Waals surface area contributed by atoms with Crippen molar-refractivity contribution >= 4 is 11.8 Å². The molecule has 3 N–H and O–H groups in total. The predicted octanol–water partition coefficient (Wildman–Crippen LogP) is 2.95. The van der Waals surface area contributed by atoms with Crippen molar-refractivity contribution in [2.45, 2.75) is 70.2 Å². The first-order valence-electron chi connectivity index (χ1n) is 11.8. The van der Waals surface area contributed by atoms with E-state index in [-0.39, 0.29) is 29.7 Å². The van der Waals surface area contributed by atoms with E-state index in [1.807, 2.05) is 13.8 Å². The van der Waals surface area contributed by atoms with Gasteiger partial charge < -0.3 is 29.2 Å². The number of epoxide rings is 1. The normalized spacial score (nSPS) is 30.6. The first-order chi connectivity index (χ1) is 16.6. The van der Waals surface area contributed by atoms with Gasteiger partial charge in [0.1, 0.15) is 6.10 Å². The molecule has 190 valence electrons. The van der Waals surface area contributed by atoms with Crippen LogP contribution in [0.25, 0.3) is 17.4 Å². The van der Waals surface area contributed by atoms with Gasteiger partial charge in [-0.3, -0.25) is 10.1 Å². The van der Waals surface area contributed by atoms with Crippen molar-refractivity contribution in [3.05, 3.63) is 52.0 Å². The maximum atomic E-state index is 10.8. The van der Waals surface area contributed by atoms with E-state index in [0.717, 1.165) is 5.57 Å². The number of hydrogen-bond donors (Lipinski definition) is 3. The van der Waals surface area contributed by atoms with Gasteiger partial charge in [0.05, 0.1) is 48.2 Å². The summed E-state index contributed by atoms with van der Waals surface area (Å²) < 4.78 is 17.3. The fraction of sp³-hybridized carbons (Fsp3) is 0.560. The van der Waals surface area contributed by atoms with E-state index in [9.17, 15) is 25.4 Å². The Bertz CT molecular complexity index is 1050. The van der Waals surface area contributed by atoms with Gasteiger partial charge in [-0.15, -0.1) is 0 Å². The van der Waals surface area contributed by atoms with Crippen molar-refractivity contribution < 1.29 is 34.1 Å². The summed E-state index contributed by atoms with van der Waals surface area (Å²) in [7, 11) is 0. The largest absolute Gasteiger partial charge is 0.437 e. The molecule has 10 nitrogen and oxygen atoms in total. The van der Waals surface area contributed by atoms with E-state index in [4.69, 9.17) is 13.9 Å². The average Bonchev–Trinajstić information content (AvgIpc) is 3.44. The van der Waals surface area contributed by atoms with Crippen LogP contribution in [0.4, 0.5) is 5.69 Å². The molecular weight excluding hydrogens is 456 g/mol. The number of nitro benzene ring substituents is 1. The van der Waals surface area contributed by atoms with Gasteiger partial charge in [-0.1, -0.05) is 12.5 Å². The fourth-order valence-corrected chi connectivity index (χ4v) is 4.53. The highest BCUT2D eigenvalue weighted by Crippen LogP contribution is 2.38. The van der Waals surface area contributed by atoms with Gasteiger partial charge in [0.2, 0.25) is 5.89 Å². The minimum atomic E-state index is -1.04. The first kappa shape index (κ1) is 25.5. The number of non-ortho nitro benzene ring substituents is 1. The number of ether oxygens (including phenoxy) is 2. The van der Waals surface area contributed by atoms with Crippen LogP contribution in [0.5, 0.6) is 0 Å². The van der Waals surface area contributed by atoms with Gasteiger partial charge in [0, 0.05) is 29.5 Å². The summed E-state index contributed by atoms with van der Waals surface area (Å²) in [5.41, 5.74) is 1.52. The summed E-state index contributed by atoms with van der Waals surface area (Å²) in [5, 5.41) is 41.9. The van der Waals surface area contributed by atoms with E-state index in [0.29, 0.717) is 36.7 Å². The second-order valence-corrected chi connectivity index (χ2v) is 9.65. The lowest BCUT2D eigenvalue weighted by Crippen LogP contribution is -2.50. The molecule has 0 radical (unpaired) electrons. The highest BCUT2D eigenvalue weighted by atomic mass is 16.6. The van der Waals surface area contributed by atoms with Gasteiger partial charge in [-0.05, 0) is 44.9 Å². The van der Waals surface area contributed by atoms with Crippen LogP contribution in [0, 0.1) is 22.0 Å². The second kappa shape index (κ2) is 10.5. The molecule has 10 heteroatoms. The van der Waals surface area contributed by atoms with Crippen LogP contribution in [-0.4, -0.2) is 68.5 Å². The van der Waals surface area contributed by atoms with Crippen LogP contribution in [0.2, 0.25) is 0 Å². The Morgan fingerprint density at radius 2 is 1.94 bits per heavy atom. The van der Waals surface area contributed by atoms with Crippen LogP contribution < -0.4 is 0 Å². The van der Waals surface area contributed by atoms with Crippen LogP contribution >= 0.6 is 0 Å². The molecule has 0 aliphatic carbocycles. The van der Waals surface area contributed by atoms with Crippen molar-refractivity contribution in [1.29, 1.82) is 0 Å². The standard InChI is InChI=1S/C25H32N2O8/c1-13(9-22-26-11-21(34-22)16-4-6-18(7-5-16)27(31)32)8-19-24(30)23(29)17(12-33-19)10-20-25(35-20)14(2)15(3)28/h4-7,9,11,14-15,17,19-20,23-25,28-30H,8,10,12H2,1-3H3. The molecule has 35 heavy (non-hydrogen) atoms. The molecule has 2 aromatic rings. The van der Waals surface area contributed by atoms with E-state index < -0.39 is 29.3 Å². The number of rotatable bonds is 9. The predicted molar refractivity (Wildman–Crippen MR) is 126 cm³/mol. The fourth-order valence-electron chi connectivity index (χ4n) is 4.53. The molecule has 2 aliphatic heterocycles. The molecule has 1 aromatic carbocycles. The Balaban J connectivity index is 1.31. The van der Waals surface area contributed by atoms with Crippen molar-refractivity contribution in [3.8, 4) is 11.3 Å². The lowest BCUT2D eigenvalue weighted by atomic mass is 9.85. The number of aromatic nitrogens is 1. The molecule has 1 aromatic heterocycles. The summed E-state index contributed by atoms with van der Waals surface area (Å²) in [5.74, 6) is 0.626. The van der Waals surface area contributed by atoms with Crippen LogP contribution in [-0.2, 0) is 9.47 Å². The Hall–Kier alpha value is -2.63. The minimum Gasteiger partial charge on any atom is -0.437 e. The topological polar surface area (TPSA) is 152 Å². The molecule has 4 rings (SSSR count). The molecule has 0 saturated carbocycles. The van der Waals surface area contributed by atoms with Gasteiger partial charge in [-0.25, -0.2) is 4.98 Å². The molecule has 2 aliphatic rings. The van der Waals surface area contributed by atoms with E-state index >= 15 is 0 Å². The van der Waals surface area contributed by atoms with Crippen LogP contribution in [0.15, 0.2) is 40.5 Å². The number of nitro groups is 1. The van der Waals surface area contributed by atoms with Crippen molar-refractivity contribution in [2.24, 2.45) is 11.8 Å². The highest BCUT2D eigenvalue weighted by molar-refractivity contribution is 5.59. The summed E-state index contributed by atoms with van der Waals surface area (Å²) in [4.78, 5) is 14.6. The van der Waals surface area contributed by atoms with Crippen LogP contribution in [0.3, 0.4) is 0 Å². The maximum Gasteiger partial charge on any atom is 0.269 e. The average molecular weight is 489 g/mol. The smallest absolute Gasteiger partial charge is 0.269 e. The molecule has 0 bridgehead atoms. The number of oxazole rings is 1. The molecule has 2 saturated heterocycles. The Morgan fingerprint density at radius 3 is 2.60 bits per heavy atom. The van der Waals surface area contributed by atoms with Gasteiger partial charge >= 0.3 is 0 Å². The van der Waals surface area contributed by atoms with Crippen molar-refractivity contribution in [2.75, 3.05) is 6.61 Å².